The fourth-order valence-electron chi connectivity index (χ4n) is 2.73. The van der Waals surface area contributed by atoms with E-state index in [0.29, 0.717) is 10.7 Å². The van der Waals surface area contributed by atoms with E-state index in [-0.39, 0.29) is 27.8 Å². The maximum Gasteiger partial charge on any atom is 0.291 e. The molecule has 3 rings (SSSR count). The Morgan fingerprint density at radius 2 is 1.86 bits per heavy atom. The molecule has 142 valence electrons. The summed E-state index contributed by atoms with van der Waals surface area (Å²) in [6, 6.07) is 13.5. The zero-order chi connectivity index (χ0) is 20.3. The van der Waals surface area contributed by atoms with Crippen LogP contribution in [-0.2, 0) is 4.79 Å². The summed E-state index contributed by atoms with van der Waals surface area (Å²) >= 11 is 5.96. The second kappa shape index (κ2) is 8.10. The van der Waals surface area contributed by atoms with Crippen molar-refractivity contribution < 1.29 is 9.53 Å². The summed E-state index contributed by atoms with van der Waals surface area (Å²) in [5.41, 5.74) is 0.0832. The Kier molecular flexibility index (Phi) is 5.61. The number of benzene rings is 2. The molecular weight excluding hydrogens is 380 g/mol. The van der Waals surface area contributed by atoms with E-state index >= 15 is 0 Å². The van der Waals surface area contributed by atoms with Crippen LogP contribution in [-0.4, -0.2) is 18.0 Å². The van der Waals surface area contributed by atoms with Gasteiger partial charge in [0.25, 0.3) is 11.5 Å². The number of ether oxygens (including phenoxy) is 1. The lowest BCUT2D eigenvalue weighted by molar-refractivity contribution is -0.112. The van der Waals surface area contributed by atoms with Crippen LogP contribution in [0.3, 0.4) is 0 Å². The highest BCUT2D eigenvalue weighted by molar-refractivity contribution is 6.31. The van der Waals surface area contributed by atoms with Crippen LogP contribution in [0.25, 0.3) is 17.0 Å². The lowest BCUT2D eigenvalue weighted by Crippen LogP contribution is -2.14. The minimum absolute atomic E-state index is 0.0122. The first kappa shape index (κ1) is 19.4. The van der Waals surface area contributed by atoms with Crippen molar-refractivity contribution in [3.05, 3.63) is 85.3 Å². The van der Waals surface area contributed by atoms with E-state index < -0.39 is 16.9 Å². The van der Waals surface area contributed by atoms with Crippen LogP contribution in [0.2, 0.25) is 5.02 Å². The van der Waals surface area contributed by atoms with E-state index in [9.17, 15) is 14.4 Å². The molecule has 28 heavy (non-hydrogen) atoms. The average molecular weight is 397 g/mol. The molecule has 3 aromatic rings. The molecule has 0 spiro atoms. The van der Waals surface area contributed by atoms with Crippen molar-refractivity contribution in [1.82, 2.24) is 4.98 Å². The van der Waals surface area contributed by atoms with Crippen LogP contribution in [0.4, 0.5) is 5.69 Å². The maximum atomic E-state index is 13.0. The lowest BCUT2D eigenvalue weighted by atomic mass is 10.1. The topological polar surface area (TPSA) is 88.3 Å². The minimum Gasteiger partial charge on any atom is -0.491 e. The number of aromatic nitrogens is 1. The maximum absolute atomic E-state index is 13.0. The van der Waals surface area contributed by atoms with Gasteiger partial charge in [0.15, 0.2) is 11.2 Å². The number of rotatable bonds is 4. The highest BCUT2D eigenvalue weighted by Gasteiger charge is 2.15. The standard InChI is InChI=1S/C21H17ClN2O4/c1-12(20(26)23-14-6-4-3-5-7-14)10-16-18(25)15-9-8-13(22)11-17(15)24-21(27)19(16)28-2/h3-11H,1-2H3,(H,23,26)(H,24,27). The van der Waals surface area contributed by atoms with Crippen LogP contribution < -0.4 is 21.0 Å². The summed E-state index contributed by atoms with van der Waals surface area (Å²) in [6.45, 7) is 1.55. The van der Waals surface area contributed by atoms with Gasteiger partial charge in [0.2, 0.25) is 0 Å². The number of nitrogens with one attached hydrogen (secondary N) is 2. The number of carbonyl (C=O) groups excluding carboxylic acids is 1. The summed E-state index contributed by atoms with van der Waals surface area (Å²) in [4.78, 5) is 40.6. The van der Waals surface area contributed by atoms with Crippen molar-refractivity contribution in [2.75, 3.05) is 12.4 Å². The monoisotopic (exact) mass is 396 g/mol. The largest absolute Gasteiger partial charge is 0.491 e. The fourth-order valence-corrected chi connectivity index (χ4v) is 2.91. The Balaban J connectivity index is 2.16. The first-order valence-corrected chi connectivity index (χ1v) is 8.77. The third kappa shape index (κ3) is 3.97. The van der Waals surface area contributed by atoms with Gasteiger partial charge in [0.05, 0.1) is 18.2 Å². The third-order valence-electron chi connectivity index (χ3n) is 4.12. The van der Waals surface area contributed by atoms with Crippen LogP contribution in [0.15, 0.2) is 63.7 Å². The molecule has 0 unspecified atom stereocenters. The van der Waals surface area contributed by atoms with Crippen LogP contribution in [0.1, 0.15) is 12.5 Å². The smallest absolute Gasteiger partial charge is 0.291 e. The predicted octanol–water partition coefficient (Wildman–Crippen LogP) is 3.59. The number of para-hydroxylation sites is 1. The highest BCUT2D eigenvalue weighted by atomic mass is 35.5. The summed E-state index contributed by atoms with van der Waals surface area (Å²) in [6.07, 6.45) is 1.35. The second-order valence-corrected chi connectivity index (χ2v) is 6.50. The van der Waals surface area contributed by atoms with Gasteiger partial charge in [0.1, 0.15) is 0 Å². The number of methoxy groups -OCH3 is 1. The highest BCUT2D eigenvalue weighted by Crippen LogP contribution is 2.19. The van der Waals surface area contributed by atoms with Gasteiger partial charge in [-0.3, -0.25) is 14.4 Å². The van der Waals surface area contributed by atoms with Crippen molar-refractivity contribution in [1.29, 1.82) is 0 Å². The summed E-state index contributed by atoms with van der Waals surface area (Å²) < 4.78 is 5.16. The Labute approximate surface area is 165 Å². The van der Waals surface area contributed by atoms with Crippen molar-refractivity contribution >= 4 is 40.2 Å². The van der Waals surface area contributed by atoms with E-state index in [0.717, 1.165) is 0 Å². The van der Waals surface area contributed by atoms with E-state index in [1.54, 1.807) is 37.3 Å². The molecule has 1 amide bonds. The zero-order valence-corrected chi connectivity index (χ0v) is 16.0. The van der Waals surface area contributed by atoms with Gasteiger partial charge in [-0.25, -0.2) is 0 Å². The van der Waals surface area contributed by atoms with Gasteiger partial charge >= 0.3 is 0 Å². The molecule has 2 aromatic carbocycles. The second-order valence-electron chi connectivity index (χ2n) is 6.07. The normalized spacial score (nSPS) is 11.3. The zero-order valence-electron chi connectivity index (χ0n) is 15.2. The quantitative estimate of drug-likeness (QED) is 0.659. The van der Waals surface area contributed by atoms with Crippen molar-refractivity contribution in [3.63, 3.8) is 0 Å². The number of aromatic amines is 1. The van der Waals surface area contributed by atoms with Gasteiger partial charge in [-0.05, 0) is 43.3 Å². The molecule has 6 nitrogen and oxygen atoms in total. The molecule has 7 heteroatoms. The number of halogens is 1. The first-order chi connectivity index (χ1) is 13.4. The van der Waals surface area contributed by atoms with Gasteiger partial charge in [-0.1, -0.05) is 29.8 Å². The van der Waals surface area contributed by atoms with E-state index in [1.165, 1.54) is 25.3 Å². The molecule has 0 fully saturated rings. The third-order valence-corrected chi connectivity index (χ3v) is 4.36. The summed E-state index contributed by atoms with van der Waals surface area (Å²) in [5, 5.41) is 3.37. The number of anilines is 1. The van der Waals surface area contributed by atoms with Gasteiger partial charge in [0, 0.05) is 21.7 Å². The molecule has 0 atom stereocenters. The number of H-pyrrole nitrogens is 1. The molecule has 0 radical (unpaired) electrons. The Morgan fingerprint density at radius 1 is 1.14 bits per heavy atom. The Hall–Kier alpha value is -3.38. The predicted molar refractivity (Wildman–Crippen MR) is 111 cm³/mol. The Morgan fingerprint density at radius 3 is 2.54 bits per heavy atom. The first-order valence-electron chi connectivity index (χ1n) is 8.39. The number of amides is 1. The van der Waals surface area contributed by atoms with Crippen molar-refractivity contribution in [2.24, 2.45) is 0 Å². The van der Waals surface area contributed by atoms with Crippen LogP contribution >= 0.6 is 11.6 Å². The molecule has 0 aliphatic rings. The molecule has 1 heterocycles. The SMILES string of the molecule is COc1c(C=C(C)C(=O)Nc2ccccc2)c(=O)c2ccc(Cl)cc2[nH]c1=O. The molecule has 0 saturated heterocycles. The average Bonchev–Trinajstić information content (AvgIpc) is 2.76. The molecule has 0 aliphatic heterocycles. The minimum atomic E-state index is -0.598. The summed E-state index contributed by atoms with van der Waals surface area (Å²) in [5.74, 6) is -0.577. The molecule has 0 saturated carbocycles. The van der Waals surface area contributed by atoms with Gasteiger partial charge in [-0.15, -0.1) is 0 Å². The van der Waals surface area contributed by atoms with Crippen molar-refractivity contribution in [2.45, 2.75) is 6.92 Å². The van der Waals surface area contributed by atoms with Gasteiger partial charge in [-0.2, -0.15) is 0 Å². The lowest BCUT2D eigenvalue weighted by Gasteiger charge is -2.05. The number of fused-ring (bicyclic) bond motifs is 1. The fraction of sp³-hybridized carbons (Fsp3) is 0.0952. The molecule has 0 aliphatic carbocycles. The summed E-state index contributed by atoms with van der Waals surface area (Å²) in [7, 11) is 1.29. The van der Waals surface area contributed by atoms with E-state index in [1.807, 2.05) is 6.07 Å². The van der Waals surface area contributed by atoms with Crippen LogP contribution in [0, 0.1) is 0 Å². The Bertz CT molecular complexity index is 1200. The number of hydrogen-bond acceptors (Lipinski definition) is 4. The van der Waals surface area contributed by atoms with Gasteiger partial charge < -0.3 is 15.0 Å². The van der Waals surface area contributed by atoms with E-state index in [4.69, 9.17) is 16.3 Å². The molecule has 2 N–H and O–H groups in total. The van der Waals surface area contributed by atoms with E-state index in [2.05, 4.69) is 10.3 Å². The van der Waals surface area contributed by atoms with Crippen LogP contribution in [0.5, 0.6) is 5.75 Å². The molecular formula is C21H17ClN2O4. The number of hydrogen-bond donors (Lipinski definition) is 2. The van der Waals surface area contributed by atoms with Crippen molar-refractivity contribution in [3.8, 4) is 5.75 Å². The number of carbonyl (C=O) groups is 1. The molecule has 1 aromatic heterocycles. The molecule has 0 bridgehead atoms.